The molecule has 0 bridgehead atoms. The first-order chi connectivity index (χ1) is 16.2. The van der Waals surface area contributed by atoms with Crippen molar-refractivity contribution in [3.63, 3.8) is 0 Å². The molecule has 0 aliphatic carbocycles. The number of amides is 1. The number of hydrogen-bond donors (Lipinski definition) is 0. The number of aromatic nitrogens is 2. The van der Waals surface area contributed by atoms with Crippen molar-refractivity contribution in [2.75, 3.05) is 13.2 Å². The molecule has 1 fully saturated rings. The summed E-state index contributed by atoms with van der Waals surface area (Å²) in [5.74, 6) is 0.592. The lowest BCUT2D eigenvalue weighted by molar-refractivity contribution is -0.138. The number of halogens is 3. The Morgan fingerprint density at radius 2 is 1.79 bits per heavy atom. The number of carbonyl (C=O) groups is 1. The van der Waals surface area contributed by atoms with Gasteiger partial charge in [-0.1, -0.05) is 23.4 Å². The van der Waals surface area contributed by atoms with Crippen LogP contribution in [0.2, 0.25) is 0 Å². The number of piperidine rings is 1. The maximum absolute atomic E-state index is 12.8. The molecule has 1 saturated heterocycles. The number of rotatable bonds is 6. The molecule has 12 heteroatoms. The molecule has 34 heavy (non-hydrogen) atoms. The molecule has 180 valence electrons. The third-order valence-corrected chi connectivity index (χ3v) is 6.89. The van der Waals surface area contributed by atoms with E-state index in [2.05, 4.69) is 10.1 Å². The van der Waals surface area contributed by atoms with Gasteiger partial charge in [-0.15, -0.1) is 0 Å². The van der Waals surface area contributed by atoms with Gasteiger partial charge in [0.05, 0.1) is 4.90 Å². The molecule has 0 radical (unpaired) electrons. The van der Waals surface area contributed by atoms with Crippen LogP contribution in [-0.2, 0) is 14.6 Å². The SMILES string of the molecule is O=C(COc1ccccc1)N1CCCC[C@H]1c1nc(-c2ccc(S(=O)(=O)C(F)(F)F)cc2)no1. The smallest absolute Gasteiger partial charge is 0.484 e. The highest BCUT2D eigenvalue weighted by Gasteiger charge is 2.46. The average Bonchev–Trinajstić information content (AvgIpc) is 3.33. The van der Waals surface area contributed by atoms with Crippen LogP contribution in [0.5, 0.6) is 5.75 Å². The molecule has 0 N–H and O–H groups in total. The van der Waals surface area contributed by atoms with Gasteiger partial charge in [-0.3, -0.25) is 4.79 Å². The first kappa shape index (κ1) is 23.7. The summed E-state index contributed by atoms with van der Waals surface area (Å²) < 4.78 is 72.2. The summed E-state index contributed by atoms with van der Waals surface area (Å²) >= 11 is 0. The molecular formula is C22H20F3N3O5S. The van der Waals surface area contributed by atoms with Crippen LogP contribution in [0.25, 0.3) is 11.4 Å². The molecule has 2 aromatic carbocycles. The van der Waals surface area contributed by atoms with Crippen LogP contribution in [0.4, 0.5) is 13.2 Å². The number of hydrogen-bond acceptors (Lipinski definition) is 7. The fraction of sp³-hybridized carbons (Fsp3) is 0.318. The van der Waals surface area contributed by atoms with Gasteiger partial charge in [-0.25, -0.2) is 8.42 Å². The van der Waals surface area contributed by atoms with E-state index >= 15 is 0 Å². The molecule has 1 aromatic heterocycles. The lowest BCUT2D eigenvalue weighted by Gasteiger charge is -2.33. The number of likely N-dealkylation sites (tertiary alicyclic amines) is 1. The van der Waals surface area contributed by atoms with Gasteiger partial charge in [0.2, 0.25) is 11.7 Å². The number of ether oxygens (including phenoxy) is 1. The normalized spacial score (nSPS) is 16.9. The zero-order valence-electron chi connectivity index (χ0n) is 17.7. The second-order valence-electron chi connectivity index (χ2n) is 7.63. The van der Waals surface area contributed by atoms with Crippen molar-refractivity contribution in [3.05, 3.63) is 60.5 Å². The van der Waals surface area contributed by atoms with Crippen LogP contribution in [0.1, 0.15) is 31.2 Å². The number of nitrogens with zero attached hydrogens (tertiary/aromatic N) is 3. The van der Waals surface area contributed by atoms with Gasteiger partial charge in [0.1, 0.15) is 11.8 Å². The molecule has 3 aromatic rings. The number of para-hydroxylation sites is 1. The number of alkyl halides is 3. The molecule has 1 aliphatic heterocycles. The Morgan fingerprint density at radius 1 is 1.09 bits per heavy atom. The van der Waals surface area contributed by atoms with Crippen molar-refractivity contribution in [2.45, 2.75) is 35.7 Å². The predicted octanol–water partition coefficient (Wildman–Crippen LogP) is 4.16. The first-order valence-electron chi connectivity index (χ1n) is 10.4. The Morgan fingerprint density at radius 3 is 2.47 bits per heavy atom. The van der Waals surface area contributed by atoms with E-state index in [-0.39, 0.29) is 29.8 Å². The molecule has 0 saturated carbocycles. The Kier molecular flexibility index (Phi) is 6.60. The molecule has 1 amide bonds. The second kappa shape index (κ2) is 9.45. The Balaban J connectivity index is 1.49. The fourth-order valence-corrected chi connectivity index (χ4v) is 4.40. The fourth-order valence-electron chi connectivity index (χ4n) is 3.64. The predicted molar refractivity (Wildman–Crippen MR) is 113 cm³/mol. The molecule has 1 atom stereocenters. The van der Waals surface area contributed by atoms with Crippen LogP contribution < -0.4 is 4.74 Å². The maximum Gasteiger partial charge on any atom is 0.501 e. The number of benzene rings is 2. The van der Waals surface area contributed by atoms with E-state index in [9.17, 15) is 26.4 Å². The molecule has 1 aliphatic rings. The lowest BCUT2D eigenvalue weighted by Crippen LogP contribution is -2.41. The molecular weight excluding hydrogens is 475 g/mol. The van der Waals surface area contributed by atoms with Gasteiger partial charge >= 0.3 is 5.51 Å². The van der Waals surface area contributed by atoms with E-state index in [0.717, 1.165) is 25.0 Å². The lowest BCUT2D eigenvalue weighted by atomic mass is 10.0. The van der Waals surface area contributed by atoms with Crippen molar-refractivity contribution in [3.8, 4) is 17.1 Å². The standard InChI is InChI=1S/C22H20F3N3O5S/c23-22(24,25)34(30,31)17-11-9-15(10-12-17)20-26-21(33-27-20)18-8-4-5-13-28(18)19(29)14-32-16-6-2-1-3-7-16/h1-3,6-7,9-12,18H,4-5,8,13-14H2/t18-/m0/s1. The van der Waals surface area contributed by atoms with Gasteiger partial charge in [0.15, 0.2) is 6.61 Å². The van der Waals surface area contributed by atoms with Crippen molar-refractivity contribution in [2.24, 2.45) is 0 Å². The number of carbonyl (C=O) groups excluding carboxylic acids is 1. The van der Waals surface area contributed by atoms with Gasteiger partial charge in [-0.2, -0.15) is 18.2 Å². The highest BCUT2D eigenvalue weighted by molar-refractivity contribution is 7.92. The summed E-state index contributed by atoms with van der Waals surface area (Å²) in [5, 5.41) is 3.86. The molecule has 8 nitrogen and oxygen atoms in total. The van der Waals surface area contributed by atoms with Crippen molar-refractivity contribution in [1.29, 1.82) is 0 Å². The topological polar surface area (TPSA) is 103 Å². The van der Waals surface area contributed by atoms with Crippen molar-refractivity contribution >= 4 is 15.7 Å². The van der Waals surface area contributed by atoms with Crippen LogP contribution >= 0.6 is 0 Å². The van der Waals surface area contributed by atoms with Gasteiger partial charge in [-0.05, 0) is 55.7 Å². The second-order valence-corrected chi connectivity index (χ2v) is 9.57. The zero-order chi connectivity index (χ0) is 24.3. The molecule has 4 rings (SSSR count). The minimum Gasteiger partial charge on any atom is -0.484 e. The van der Waals surface area contributed by atoms with Crippen molar-refractivity contribution < 1.29 is 35.6 Å². The van der Waals surface area contributed by atoms with Gasteiger partial charge < -0.3 is 14.2 Å². The van der Waals surface area contributed by atoms with E-state index in [1.54, 1.807) is 29.2 Å². The zero-order valence-corrected chi connectivity index (χ0v) is 18.6. The minimum absolute atomic E-state index is 0.0736. The monoisotopic (exact) mass is 495 g/mol. The van der Waals surface area contributed by atoms with E-state index in [1.165, 1.54) is 12.1 Å². The molecule has 0 unspecified atom stereocenters. The van der Waals surface area contributed by atoms with Crippen molar-refractivity contribution in [1.82, 2.24) is 15.0 Å². The van der Waals surface area contributed by atoms with Gasteiger partial charge in [0, 0.05) is 12.1 Å². The third-order valence-electron chi connectivity index (χ3n) is 5.38. The van der Waals surface area contributed by atoms with Crippen LogP contribution in [0.3, 0.4) is 0 Å². The molecule has 2 heterocycles. The Labute approximate surface area is 193 Å². The highest BCUT2D eigenvalue weighted by Crippen LogP contribution is 2.33. The number of sulfone groups is 1. The largest absolute Gasteiger partial charge is 0.501 e. The quantitative estimate of drug-likeness (QED) is 0.506. The summed E-state index contributed by atoms with van der Waals surface area (Å²) in [7, 11) is -5.45. The van der Waals surface area contributed by atoms with Crippen LogP contribution in [-0.4, -0.2) is 48.0 Å². The highest BCUT2D eigenvalue weighted by atomic mass is 32.2. The Bertz CT molecular complexity index is 1240. The van der Waals surface area contributed by atoms with E-state index < -0.39 is 26.3 Å². The van der Waals surface area contributed by atoms with E-state index in [1.807, 2.05) is 6.07 Å². The third kappa shape index (κ3) is 4.91. The van der Waals surface area contributed by atoms with Crippen LogP contribution in [0, 0.1) is 0 Å². The summed E-state index contributed by atoms with van der Waals surface area (Å²) in [6.45, 7) is 0.333. The van der Waals surface area contributed by atoms with Crippen LogP contribution in [0.15, 0.2) is 64.0 Å². The van der Waals surface area contributed by atoms with E-state index in [0.29, 0.717) is 18.7 Å². The maximum atomic E-state index is 12.8. The molecule has 0 spiro atoms. The van der Waals surface area contributed by atoms with E-state index in [4.69, 9.17) is 9.26 Å². The summed E-state index contributed by atoms with van der Waals surface area (Å²) in [5.41, 5.74) is -5.12. The Hall–Kier alpha value is -3.41. The summed E-state index contributed by atoms with van der Waals surface area (Å²) in [4.78, 5) is 17.9. The first-order valence-corrected chi connectivity index (χ1v) is 11.9. The average molecular weight is 495 g/mol. The summed E-state index contributed by atoms with van der Waals surface area (Å²) in [6, 6.07) is 12.5. The van der Waals surface area contributed by atoms with Gasteiger partial charge in [0.25, 0.3) is 15.7 Å². The minimum atomic E-state index is -5.45. The summed E-state index contributed by atoms with van der Waals surface area (Å²) in [6.07, 6.45) is 2.25.